The first kappa shape index (κ1) is 19.2. The second kappa shape index (κ2) is 10.7. The molecule has 1 saturated carbocycles. The highest BCUT2D eigenvalue weighted by molar-refractivity contribution is 7.99. The van der Waals surface area contributed by atoms with Crippen molar-refractivity contribution in [2.75, 3.05) is 18.9 Å². The number of thioether (sulfide) groups is 1. The maximum atomic E-state index is 11.8. The molecular weight excluding hydrogens is 324 g/mol. The Kier molecular flexibility index (Phi) is 8.59. The molecule has 1 amide bonds. The number of H-pyrrole nitrogens is 1. The number of amides is 1. The van der Waals surface area contributed by atoms with Crippen LogP contribution in [-0.2, 0) is 16.0 Å². The van der Waals surface area contributed by atoms with E-state index in [0.717, 1.165) is 24.6 Å². The number of carbonyl (C=O) groups is 1. The molecule has 0 unspecified atom stereocenters. The summed E-state index contributed by atoms with van der Waals surface area (Å²) in [4.78, 5) is 16.2. The Balaban J connectivity index is 1.55. The Morgan fingerprint density at radius 3 is 2.96 bits per heavy atom. The number of nitrogens with zero attached hydrogens (tertiary/aromatic N) is 2. The normalized spacial score (nSPS) is 15.3. The molecule has 0 radical (unpaired) electrons. The Hall–Kier alpha value is -1.08. The maximum Gasteiger partial charge on any atom is 0.230 e. The average molecular weight is 355 g/mol. The number of aryl methyl sites for hydroxylation is 1. The van der Waals surface area contributed by atoms with Crippen molar-refractivity contribution < 1.29 is 9.53 Å². The number of hydrogen-bond donors (Lipinski definition) is 2. The van der Waals surface area contributed by atoms with Crippen molar-refractivity contribution in [2.24, 2.45) is 5.92 Å². The van der Waals surface area contributed by atoms with Gasteiger partial charge in [0.05, 0.1) is 11.9 Å². The van der Waals surface area contributed by atoms with Gasteiger partial charge >= 0.3 is 0 Å². The van der Waals surface area contributed by atoms with Gasteiger partial charge in [-0.2, -0.15) is 0 Å². The molecule has 0 atom stereocenters. The van der Waals surface area contributed by atoms with Gasteiger partial charge in [-0.15, -0.1) is 5.10 Å². The Morgan fingerprint density at radius 1 is 1.42 bits per heavy atom. The predicted octanol–water partition coefficient (Wildman–Crippen LogP) is 2.95. The number of nitrogens with one attached hydrogen (secondary N) is 2. The van der Waals surface area contributed by atoms with Gasteiger partial charge in [-0.3, -0.25) is 9.89 Å². The molecule has 1 heterocycles. The molecule has 6 nitrogen and oxygen atoms in total. The molecule has 0 saturated heterocycles. The van der Waals surface area contributed by atoms with Crippen LogP contribution in [0.3, 0.4) is 0 Å². The van der Waals surface area contributed by atoms with Gasteiger partial charge in [-0.1, -0.05) is 37.4 Å². The first-order valence-corrected chi connectivity index (χ1v) is 10.0. The summed E-state index contributed by atoms with van der Waals surface area (Å²) in [5, 5.41) is 10.7. The lowest BCUT2D eigenvalue weighted by Crippen LogP contribution is -2.27. The van der Waals surface area contributed by atoms with Crippen LogP contribution >= 0.6 is 11.8 Å². The number of rotatable bonds is 11. The summed E-state index contributed by atoms with van der Waals surface area (Å²) in [5.74, 6) is 2.17. The number of ether oxygens (including phenoxy) is 1. The maximum absolute atomic E-state index is 11.8. The lowest BCUT2D eigenvalue weighted by molar-refractivity contribution is -0.118. The second-order valence-corrected chi connectivity index (χ2v) is 7.61. The summed E-state index contributed by atoms with van der Waals surface area (Å²) in [6, 6.07) is 0. The molecule has 136 valence electrons. The van der Waals surface area contributed by atoms with E-state index in [9.17, 15) is 4.79 Å². The minimum atomic E-state index is 0.0156. The molecule has 7 heteroatoms. The molecule has 0 aliphatic heterocycles. The molecule has 24 heavy (non-hydrogen) atoms. The van der Waals surface area contributed by atoms with Crippen molar-refractivity contribution in [1.82, 2.24) is 20.5 Å². The van der Waals surface area contributed by atoms with Crippen molar-refractivity contribution in [1.29, 1.82) is 0 Å². The minimum absolute atomic E-state index is 0.0156. The quantitative estimate of drug-likeness (QED) is 0.472. The number of aromatic nitrogens is 3. The third kappa shape index (κ3) is 7.66. The molecule has 1 aromatic heterocycles. The molecule has 2 rings (SSSR count). The topological polar surface area (TPSA) is 79.9 Å². The summed E-state index contributed by atoms with van der Waals surface area (Å²) >= 11 is 1.38. The summed E-state index contributed by atoms with van der Waals surface area (Å²) < 4.78 is 5.43. The molecule has 0 aromatic carbocycles. The van der Waals surface area contributed by atoms with E-state index in [1.807, 2.05) is 13.8 Å². The van der Waals surface area contributed by atoms with Crippen LogP contribution in [0.2, 0.25) is 0 Å². The van der Waals surface area contributed by atoms with Gasteiger partial charge in [0.25, 0.3) is 0 Å². The third-order valence-electron chi connectivity index (χ3n) is 4.20. The van der Waals surface area contributed by atoms with E-state index < -0.39 is 0 Å². The minimum Gasteiger partial charge on any atom is -0.379 e. The van der Waals surface area contributed by atoms with Crippen LogP contribution in [0, 0.1) is 5.92 Å². The largest absolute Gasteiger partial charge is 0.379 e. The number of hydrogen-bond acceptors (Lipinski definition) is 5. The van der Waals surface area contributed by atoms with Crippen LogP contribution in [0.15, 0.2) is 5.16 Å². The molecule has 1 aliphatic carbocycles. The van der Waals surface area contributed by atoms with Crippen LogP contribution < -0.4 is 5.32 Å². The van der Waals surface area contributed by atoms with Gasteiger partial charge in [0, 0.05) is 19.6 Å². The van der Waals surface area contributed by atoms with E-state index in [4.69, 9.17) is 4.74 Å². The van der Waals surface area contributed by atoms with E-state index in [-0.39, 0.29) is 12.0 Å². The van der Waals surface area contributed by atoms with Crippen molar-refractivity contribution >= 4 is 17.7 Å². The molecule has 0 bridgehead atoms. The fourth-order valence-corrected chi connectivity index (χ4v) is 3.54. The van der Waals surface area contributed by atoms with Crippen molar-refractivity contribution in [3.05, 3.63) is 5.82 Å². The van der Waals surface area contributed by atoms with Crippen LogP contribution in [-0.4, -0.2) is 46.1 Å². The molecular formula is C17H30N4O2S. The first-order chi connectivity index (χ1) is 11.6. The smallest absolute Gasteiger partial charge is 0.230 e. The predicted molar refractivity (Wildman–Crippen MR) is 96.1 cm³/mol. The highest BCUT2D eigenvalue weighted by Gasteiger charge is 2.15. The second-order valence-electron chi connectivity index (χ2n) is 6.67. The summed E-state index contributed by atoms with van der Waals surface area (Å²) in [7, 11) is 0. The van der Waals surface area contributed by atoms with Gasteiger partial charge in [0.2, 0.25) is 11.1 Å². The summed E-state index contributed by atoms with van der Waals surface area (Å²) in [6.45, 7) is 5.34. The monoisotopic (exact) mass is 354 g/mol. The molecule has 2 N–H and O–H groups in total. The zero-order valence-corrected chi connectivity index (χ0v) is 15.7. The average Bonchev–Trinajstić information content (AvgIpc) is 3.22. The zero-order chi connectivity index (χ0) is 17.2. The van der Waals surface area contributed by atoms with E-state index >= 15 is 0 Å². The van der Waals surface area contributed by atoms with Crippen LogP contribution in [0.1, 0.15) is 58.2 Å². The first-order valence-electron chi connectivity index (χ1n) is 9.06. The van der Waals surface area contributed by atoms with Crippen molar-refractivity contribution in [2.45, 2.75) is 70.1 Å². The summed E-state index contributed by atoms with van der Waals surface area (Å²) in [5.41, 5.74) is 0. The van der Waals surface area contributed by atoms with Gasteiger partial charge in [0.15, 0.2) is 0 Å². The van der Waals surface area contributed by atoms with E-state index in [1.165, 1.54) is 43.9 Å². The lowest BCUT2D eigenvalue weighted by Gasteiger charge is -2.07. The van der Waals surface area contributed by atoms with Crippen molar-refractivity contribution in [3.63, 3.8) is 0 Å². The lowest BCUT2D eigenvalue weighted by atomic mass is 10.0. The molecule has 1 aromatic rings. The number of carbonyl (C=O) groups excluding carboxylic acids is 1. The fourth-order valence-electron chi connectivity index (χ4n) is 2.89. The Bertz CT molecular complexity index is 487. The zero-order valence-electron chi connectivity index (χ0n) is 14.8. The summed E-state index contributed by atoms with van der Waals surface area (Å²) in [6.07, 6.45) is 8.70. The van der Waals surface area contributed by atoms with Gasteiger partial charge in [0.1, 0.15) is 5.82 Å². The van der Waals surface area contributed by atoms with Gasteiger partial charge in [-0.25, -0.2) is 4.98 Å². The van der Waals surface area contributed by atoms with Gasteiger partial charge < -0.3 is 10.1 Å². The van der Waals surface area contributed by atoms with E-state index in [1.54, 1.807) is 0 Å². The number of aromatic amines is 1. The van der Waals surface area contributed by atoms with E-state index in [2.05, 4.69) is 20.5 Å². The van der Waals surface area contributed by atoms with Crippen LogP contribution in [0.4, 0.5) is 0 Å². The standard InChI is InChI=1S/C17H30N4O2S/c1-13(2)23-11-5-10-18-16(22)12-24-17-19-15(20-21-17)9-8-14-6-3-4-7-14/h13-14H,3-12H2,1-2H3,(H,18,22)(H,19,20,21). The van der Waals surface area contributed by atoms with Crippen molar-refractivity contribution in [3.8, 4) is 0 Å². The Labute approximate surface area is 148 Å². The van der Waals surface area contributed by atoms with Gasteiger partial charge in [-0.05, 0) is 32.6 Å². The molecule has 1 aliphatic rings. The SMILES string of the molecule is CC(C)OCCCNC(=O)CSc1n[nH]c(CCC2CCCC2)n1. The van der Waals surface area contributed by atoms with E-state index in [0.29, 0.717) is 24.1 Å². The van der Waals surface area contributed by atoms with Crippen LogP contribution in [0.25, 0.3) is 0 Å². The highest BCUT2D eigenvalue weighted by Crippen LogP contribution is 2.28. The van der Waals surface area contributed by atoms with Crippen LogP contribution in [0.5, 0.6) is 0 Å². The third-order valence-corrected chi connectivity index (χ3v) is 5.05. The Morgan fingerprint density at radius 2 is 2.21 bits per heavy atom. The highest BCUT2D eigenvalue weighted by atomic mass is 32.2. The molecule has 1 fully saturated rings. The fraction of sp³-hybridized carbons (Fsp3) is 0.824. The molecule has 0 spiro atoms.